The van der Waals surface area contributed by atoms with Gasteiger partial charge in [0.15, 0.2) is 0 Å². The van der Waals surface area contributed by atoms with Crippen LogP contribution in [0, 0.1) is 23.5 Å². The molecule has 0 heterocycles. The second-order valence-corrected chi connectivity index (χ2v) is 12.8. The molecule has 0 aromatic rings. The summed E-state index contributed by atoms with van der Waals surface area (Å²) in [6.45, 7) is 1.17. The Balaban J connectivity index is -0.000000343. The van der Waals surface area contributed by atoms with E-state index in [1.807, 2.05) is 0 Å². The Bertz CT molecular complexity index is 378. The lowest BCUT2D eigenvalue weighted by Crippen LogP contribution is -1.72. The Kier molecular flexibility index (Phi) is 26.0. The SMILES string of the molecule is S=PI.[3H]B(C)F.[3H]C#CCCCCC#CS(I)=P[3H]. The maximum Gasteiger partial charge on any atom is 0.328 e. The van der Waals surface area contributed by atoms with E-state index < -0.39 is 7.52 Å². The molecular weight excluding hydrogens is 518 g/mol. The molecule has 0 amide bonds. The summed E-state index contributed by atoms with van der Waals surface area (Å²) in [5.41, 5.74) is 0. The first kappa shape index (κ1) is 16.8. The van der Waals surface area contributed by atoms with Crippen molar-refractivity contribution in [2.75, 3.05) is 0 Å². The summed E-state index contributed by atoms with van der Waals surface area (Å²) < 4.78 is 30.2. The topological polar surface area (TPSA) is 0 Å². The van der Waals surface area contributed by atoms with Crippen molar-refractivity contribution in [2.24, 2.45) is 0 Å². The van der Waals surface area contributed by atoms with Crippen LogP contribution in [0.5, 0.6) is 0 Å². The van der Waals surface area contributed by atoms with E-state index in [-0.39, 0.29) is 7.24 Å². The maximum atomic E-state index is 10.7. The molecule has 0 aliphatic rings. The Morgan fingerprint density at radius 1 is 1.76 bits per heavy atom. The van der Waals surface area contributed by atoms with Crippen molar-refractivity contribution in [3.05, 3.63) is 0 Å². The number of rotatable bonds is 3. The third kappa shape index (κ3) is 46.3. The average molecular weight is 538 g/mol. The largest absolute Gasteiger partial charge is 0.342 e. The number of halogens is 3. The summed E-state index contributed by atoms with van der Waals surface area (Å²) in [6.07, 6.45) is 5.89. The molecule has 0 spiro atoms. The van der Waals surface area contributed by atoms with Gasteiger partial charge in [-0.05, 0) is 59.2 Å². The summed E-state index contributed by atoms with van der Waals surface area (Å²) in [6, 6.07) is 0. The molecule has 0 saturated heterocycles. The van der Waals surface area contributed by atoms with Gasteiger partial charge in [0.25, 0.3) is 0 Å². The standard InChI is InChI=1S/C8H10IPS.CH4BF.IPS/c1-2-3-4-5-6-7-8-11(9)10;2*1-2-3/h1,10H,3-6H2;2H,1H3;/i1T,10T;2T;. The van der Waals surface area contributed by atoms with Crippen LogP contribution in [-0.4, -0.2) is 10.1 Å². The molecule has 96 valence electrons. The summed E-state index contributed by atoms with van der Waals surface area (Å²) in [7, 11) is -0.899. The lowest BCUT2D eigenvalue weighted by Gasteiger charge is -1.87. The molecule has 0 saturated carbocycles. The number of unbranched alkanes of at least 4 members (excludes halogenated alkanes) is 3. The quantitative estimate of drug-likeness (QED) is 0.155. The van der Waals surface area contributed by atoms with Gasteiger partial charge in [-0.1, -0.05) is 20.7 Å². The van der Waals surface area contributed by atoms with Gasteiger partial charge in [-0.25, -0.2) is 0 Å². The van der Waals surface area contributed by atoms with E-state index in [1.54, 1.807) is 0 Å². The van der Waals surface area contributed by atoms with Crippen molar-refractivity contribution in [2.45, 2.75) is 32.5 Å². The van der Waals surface area contributed by atoms with Gasteiger partial charge in [-0.2, -0.15) is 0 Å². The molecule has 0 N–H and O–H groups in total. The van der Waals surface area contributed by atoms with E-state index >= 15 is 0 Å². The van der Waals surface area contributed by atoms with Gasteiger partial charge in [0.05, 0.1) is 0 Å². The van der Waals surface area contributed by atoms with Crippen LogP contribution in [0.1, 0.15) is 27.1 Å². The van der Waals surface area contributed by atoms with Crippen LogP contribution in [0.3, 0.4) is 0 Å². The van der Waals surface area contributed by atoms with Crippen LogP contribution in [0.25, 0.3) is 0 Å². The second-order valence-electron chi connectivity index (χ2n) is 2.19. The van der Waals surface area contributed by atoms with Gasteiger partial charge in [0.1, 0.15) is 2.65 Å². The smallest absolute Gasteiger partial charge is 0.328 e. The van der Waals surface area contributed by atoms with Crippen molar-refractivity contribution in [1.29, 1.82) is 2.61 Å². The lowest BCUT2D eigenvalue weighted by molar-refractivity contribution is 0.783. The zero-order valence-electron chi connectivity index (χ0n) is 12.3. The molecule has 1 unspecified atom stereocenters. The zero-order valence-corrected chi connectivity index (χ0v) is 17.0. The van der Waals surface area contributed by atoms with E-state index in [2.05, 4.69) is 78.5 Å². The predicted molar refractivity (Wildman–Crippen MR) is 107 cm³/mol. The third-order valence-electron chi connectivity index (χ3n) is 1.01. The average Bonchev–Trinajstić information content (AvgIpc) is 2.37. The molecule has 8 heteroatoms. The summed E-state index contributed by atoms with van der Waals surface area (Å²) in [4.78, 5) is 0.970. The Hall–Kier alpha value is 1.74. The summed E-state index contributed by atoms with van der Waals surface area (Å²) in [5.74, 6) is 5.74. The van der Waals surface area contributed by atoms with Crippen molar-refractivity contribution in [1.82, 2.24) is 0 Å². The van der Waals surface area contributed by atoms with Gasteiger partial charge in [0, 0.05) is 40.4 Å². The van der Waals surface area contributed by atoms with E-state index in [0.717, 1.165) is 30.7 Å². The fourth-order valence-electron chi connectivity index (χ4n) is 0.537. The first-order chi connectivity index (χ1) is 9.45. The van der Waals surface area contributed by atoms with Gasteiger partial charge in [-0.3, -0.25) is 0 Å². The highest BCUT2D eigenvalue weighted by molar-refractivity contribution is 14.2. The fourth-order valence-corrected chi connectivity index (χ4v) is 1.42. The lowest BCUT2D eigenvalue weighted by atomic mass is 10.2. The van der Waals surface area contributed by atoms with Crippen molar-refractivity contribution >= 4 is 82.8 Å². The van der Waals surface area contributed by atoms with E-state index in [0.29, 0.717) is 7.96 Å². The summed E-state index contributed by atoms with van der Waals surface area (Å²) in [5, 5.41) is 3.01. The van der Waals surface area contributed by atoms with E-state index in [4.69, 9.17) is 3.99 Å². The highest BCUT2D eigenvalue weighted by Gasteiger charge is 1.81. The molecule has 0 nitrogen and oxygen atoms in total. The third-order valence-corrected chi connectivity index (χ3v) is 2.26. The summed E-state index contributed by atoms with van der Waals surface area (Å²) >= 11 is 8.61. The van der Waals surface area contributed by atoms with Crippen LogP contribution in [0.2, 0.25) is 6.82 Å². The first-order valence-corrected chi connectivity index (χ1v) is 13.9. The predicted octanol–water partition coefficient (Wildman–Crippen LogP) is 5.27. The Labute approximate surface area is 145 Å². The van der Waals surface area contributed by atoms with Gasteiger partial charge in [-0.15, -0.1) is 12.3 Å². The van der Waals surface area contributed by atoms with Gasteiger partial charge < -0.3 is 4.32 Å². The Morgan fingerprint density at radius 2 is 2.29 bits per heavy atom. The van der Waals surface area contributed by atoms with Crippen LogP contribution in [0.4, 0.5) is 4.32 Å². The highest BCUT2D eigenvalue weighted by atomic mass is 127. The van der Waals surface area contributed by atoms with Crippen LogP contribution >= 0.6 is 56.2 Å². The normalized spacial score (nSPS) is 11.4. The maximum absolute atomic E-state index is 10.7. The monoisotopic (exact) mass is 538 g/mol. The second kappa shape index (κ2) is 26.3. The number of hydrogen-bond donors (Lipinski definition) is 0. The molecule has 0 aliphatic carbocycles. The van der Waals surface area contributed by atoms with Crippen LogP contribution in [-0.2, 0) is 19.1 Å². The van der Waals surface area contributed by atoms with Crippen molar-refractivity contribution in [3.8, 4) is 23.5 Å². The molecule has 0 aromatic heterocycles. The number of hydrogen-bond acceptors (Lipinski definition) is 1. The van der Waals surface area contributed by atoms with E-state index in [1.165, 1.54) is 6.82 Å². The molecule has 0 aliphatic heterocycles. The molecule has 17 heavy (non-hydrogen) atoms. The van der Waals surface area contributed by atoms with Crippen molar-refractivity contribution in [3.63, 3.8) is 0 Å². The molecule has 0 radical (unpaired) electrons. The molecule has 0 bridgehead atoms. The minimum Gasteiger partial charge on any atom is -0.342 e. The molecule has 0 fully saturated rings. The highest BCUT2D eigenvalue weighted by Crippen LogP contribution is 2.01. The molecular formula is C9H14BFI2P2S2. The van der Waals surface area contributed by atoms with Crippen LogP contribution in [0.15, 0.2) is 0 Å². The van der Waals surface area contributed by atoms with E-state index in [9.17, 15) is 4.32 Å². The van der Waals surface area contributed by atoms with Gasteiger partial charge in [0.2, 0.25) is 0 Å². The first-order valence-electron chi connectivity index (χ1n) is 5.92. The van der Waals surface area contributed by atoms with Crippen molar-refractivity contribution < 1.29 is 5.69 Å². The Morgan fingerprint density at radius 3 is 2.76 bits per heavy atom. The zero-order chi connectivity index (χ0) is 16.2. The van der Waals surface area contributed by atoms with Gasteiger partial charge >= 0.3 is 7.52 Å². The molecule has 0 rings (SSSR count). The van der Waals surface area contributed by atoms with Crippen LogP contribution < -0.4 is 0 Å². The minimum absolute atomic E-state index is 0.0960. The minimum atomic E-state index is -1.42. The molecule has 1 atom stereocenters. The number of terminal acetylenes is 1. The fraction of sp³-hybridized carbons (Fsp3) is 0.556. The molecule has 0 aromatic carbocycles.